The van der Waals surface area contributed by atoms with Crippen LogP contribution in [0.3, 0.4) is 0 Å². The number of nitrogens with zero attached hydrogens (tertiary/aromatic N) is 1. The van der Waals surface area contributed by atoms with Crippen molar-refractivity contribution in [3.63, 3.8) is 0 Å². The quantitative estimate of drug-likeness (QED) is 0.786. The molecule has 96 valence electrons. The summed E-state index contributed by atoms with van der Waals surface area (Å²) in [5, 5.41) is 6.32. The molecule has 18 heavy (non-hydrogen) atoms. The molecule has 1 aromatic heterocycles. The third-order valence-corrected chi connectivity index (χ3v) is 3.44. The Morgan fingerprint density at radius 2 is 2.00 bits per heavy atom. The lowest BCUT2D eigenvalue weighted by Crippen LogP contribution is -2.24. The highest BCUT2D eigenvalue weighted by molar-refractivity contribution is 7.09. The topological polar surface area (TPSA) is 50.9 Å². The minimum absolute atomic E-state index is 0.222. The number of nitrogens with one attached hydrogen (secondary N) is 1. The van der Waals surface area contributed by atoms with Crippen LogP contribution in [-0.2, 0) is 6.42 Å². The Bertz CT molecular complexity index is 481. The fourth-order valence-electron chi connectivity index (χ4n) is 1.60. The summed E-state index contributed by atoms with van der Waals surface area (Å²) in [4.78, 5) is 4.53. The fraction of sp³-hybridized carbons (Fsp3) is 0.308. The molecule has 0 atom stereocenters. The van der Waals surface area contributed by atoms with Gasteiger partial charge in [0.25, 0.3) is 0 Å². The molecule has 0 fully saturated rings. The van der Waals surface area contributed by atoms with Crippen molar-refractivity contribution in [2.75, 3.05) is 19.6 Å². The van der Waals surface area contributed by atoms with Gasteiger partial charge in [-0.15, -0.1) is 11.3 Å². The van der Waals surface area contributed by atoms with Crippen molar-refractivity contribution in [3.05, 3.63) is 40.5 Å². The average Bonchev–Trinajstić information content (AvgIpc) is 2.84. The smallest absolute Gasteiger partial charge is 0.123 e. The summed E-state index contributed by atoms with van der Waals surface area (Å²) >= 11 is 1.63. The van der Waals surface area contributed by atoms with Crippen LogP contribution in [0.2, 0.25) is 0 Å². The van der Waals surface area contributed by atoms with E-state index >= 15 is 0 Å². The van der Waals surface area contributed by atoms with Crippen molar-refractivity contribution in [2.24, 2.45) is 5.73 Å². The summed E-state index contributed by atoms with van der Waals surface area (Å²) in [5.74, 6) is -0.222. The Labute approximate surface area is 110 Å². The third-order valence-electron chi connectivity index (χ3n) is 2.53. The third kappa shape index (κ3) is 3.60. The maximum absolute atomic E-state index is 12.8. The normalized spacial score (nSPS) is 10.8. The van der Waals surface area contributed by atoms with Crippen LogP contribution in [0.25, 0.3) is 11.3 Å². The molecule has 5 heteroatoms. The summed E-state index contributed by atoms with van der Waals surface area (Å²) in [7, 11) is 0. The average molecular weight is 265 g/mol. The van der Waals surface area contributed by atoms with E-state index in [2.05, 4.69) is 10.3 Å². The molecule has 1 aromatic carbocycles. The Morgan fingerprint density at radius 3 is 2.72 bits per heavy atom. The van der Waals surface area contributed by atoms with E-state index in [9.17, 15) is 4.39 Å². The lowest BCUT2D eigenvalue weighted by molar-refractivity contribution is 0.628. The van der Waals surface area contributed by atoms with Gasteiger partial charge >= 0.3 is 0 Å². The first-order valence-corrected chi connectivity index (χ1v) is 6.78. The first kappa shape index (κ1) is 13.1. The second kappa shape index (κ2) is 6.58. The lowest BCUT2D eigenvalue weighted by atomic mass is 10.2. The molecule has 0 radical (unpaired) electrons. The van der Waals surface area contributed by atoms with Gasteiger partial charge in [-0.3, -0.25) is 0 Å². The molecule has 0 saturated heterocycles. The minimum Gasteiger partial charge on any atom is -0.329 e. The Balaban J connectivity index is 1.95. The van der Waals surface area contributed by atoms with Gasteiger partial charge in [-0.1, -0.05) is 0 Å². The van der Waals surface area contributed by atoms with Gasteiger partial charge in [0.15, 0.2) is 0 Å². The lowest BCUT2D eigenvalue weighted by Gasteiger charge is -1.99. The number of hydrogen-bond acceptors (Lipinski definition) is 4. The summed E-state index contributed by atoms with van der Waals surface area (Å²) in [6, 6.07) is 6.41. The second-order valence-electron chi connectivity index (χ2n) is 3.92. The summed E-state index contributed by atoms with van der Waals surface area (Å²) in [6.07, 6.45) is 0.895. The SMILES string of the molecule is NCCNCCc1nc(-c2ccc(F)cc2)cs1. The standard InChI is InChI=1S/C13H16FN3S/c14-11-3-1-10(2-4-11)12-9-18-13(17-12)5-7-16-8-6-15/h1-4,9,16H,5-8,15H2. The molecule has 0 saturated carbocycles. The van der Waals surface area contributed by atoms with E-state index in [1.54, 1.807) is 23.5 Å². The molecule has 0 aliphatic carbocycles. The van der Waals surface area contributed by atoms with Crippen LogP contribution < -0.4 is 11.1 Å². The van der Waals surface area contributed by atoms with Crippen LogP contribution in [0.5, 0.6) is 0 Å². The van der Waals surface area contributed by atoms with E-state index < -0.39 is 0 Å². The van der Waals surface area contributed by atoms with E-state index in [1.165, 1.54) is 12.1 Å². The van der Waals surface area contributed by atoms with E-state index in [0.717, 1.165) is 35.8 Å². The van der Waals surface area contributed by atoms with Gasteiger partial charge in [-0.2, -0.15) is 0 Å². The van der Waals surface area contributed by atoms with Crippen LogP contribution in [0, 0.1) is 5.82 Å². The highest BCUT2D eigenvalue weighted by Gasteiger charge is 2.04. The van der Waals surface area contributed by atoms with Gasteiger partial charge in [0.05, 0.1) is 10.7 Å². The number of rotatable bonds is 6. The van der Waals surface area contributed by atoms with Crippen molar-refractivity contribution in [1.29, 1.82) is 0 Å². The molecule has 2 aromatic rings. The molecular weight excluding hydrogens is 249 g/mol. The van der Waals surface area contributed by atoms with Crippen LogP contribution >= 0.6 is 11.3 Å². The van der Waals surface area contributed by atoms with E-state index in [0.29, 0.717) is 6.54 Å². The second-order valence-corrected chi connectivity index (χ2v) is 4.86. The van der Waals surface area contributed by atoms with E-state index in [-0.39, 0.29) is 5.82 Å². The maximum atomic E-state index is 12.8. The fourth-order valence-corrected chi connectivity index (χ4v) is 2.41. The van der Waals surface area contributed by atoms with Crippen LogP contribution in [0.1, 0.15) is 5.01 Å². The molecule has 0 spiro atoms. The predicted molar refractivity (Wildman–Crippen MR) is 73.1 cm³/mol. The zero-order valence-corrected chi connectivity index (χ0v) is 10.8. The van der Waals surface area contributed by atoms with Gasteiger partial charge in [0.2, 0.25) is 0 Å². The van der Waals surface area contributed by atoms with E-state index in [4.69, 9.17) is 5.73 Å². The molecule has 1 heterocycles. The number of thiazole rings is 1. The minimum atomic E-state index is -0.222. The molecule has 3 N–H and O–H groups in total. The summed E-state index contributed by atoms with van der Waals surface area (Å²) < 4.78 is 12.8. The number of aromatic nitrogens is 1. The monoisotopic (exact) mass is 265 g/mol. The number of nitrogens with two attached hydrogens (primary N) is 1. The molecular formula is C13H16FN3S. The highest BCUT2D eigenvalue weighted by Crippen LogP contribution is 2.22. The summed E-state index contributed by atoms with van der Waals surface area (Å²) in [6.45, 7) is 2.36. The van der Waals surface area contributed by atoms with Crippen LogP contribution in [0.15, 0.2) is 29.6 Å². The zero-order chi connectivity index (χ0) is 12.8. The zero-order valence-electron chi connectivity index (χ0n) is 10.0. The van der Waals surface area contributed by atoms with E-state index in [1.807, 2.05) is 5.38 Å². The van der Waals surface area contributed by atoms with Crippen molar-refractivity contribution in [1.82, 2.24) is 10.3 Å². The first-order valence-electron chi connectivity index (χ1n) is 5.90. The highest BCUT2D eigenvalue weighted by atomic mass is 32.1. The van der Waals surface area contributed by atoms with Crippen molar-refractivity contribution >= 4 is 11.3 Å². The molecule has 0 amide bonds. The van der Waals surface area contributed by atoms with Crippen molar-refractivity contribution in [2.45, 2.75) is 6.42 Å². The number of halogens is 1. The molecule has 0 aliphatic heterocycles. The first-order chi connectivity index (χ1) is 8.79. The van der Waals surface area contributed by atoms with Gasteiger partial charge in [-0.05, 0) is 24.3 Å². The van der Waals surface area contributed by atoms with Gasteiger partial charge in [-0.25, -0.2) is 9.37 Å². The Kier molecular flexibility index (Phi) is 4.81. The number of benzene rings is 1. The molecule has 0 aliphatic rings. The Morgan fingerprint density at radius 1 is 1.22 bits per heavy atom. The molecule has 0 unspecified atom stereocenters. The predicted octanol–water partition coefficient (Wildman–Crippen LogP) is 2.04. The molecule has 2 rings (SSSR count). The van der Waals surface area contributed by atoms with Gasteiger partial charge < -0.3 is 11.1 Å². The van der Waals surface area contributed by atoms with Crippen molar-refractivity contribution < 1.29 is 4.39 Å². The maximum Gasteiger partial charge on any atom is 0.123 e. The molecule has 0 bridgehead atoms. The van der Waals surface area contributed by atoms with Crippen LogP contribution in [0.4, 0.5) is 4.39 Å². The summed E-state index contributed by atoms with van der Waals surface area (Å²) in [5.41, 5.74) is 7.26. The largest absolute Gasteiger partial charge is 0.329 e. The van der Waals surface area contributed by atoms with Crippen LogP contribution in [-0.4, -0.2) is 24.6 Å². The van der Waals surface area contributed by atoms with Crippen molar-refractivity contribution in [3.8, 4) is 11.3 Å². The molecule has 3 nitrogen and oxygen atoms in total. The van der Waals surface area contributed by atoms with Gasteiger partial charge in [0, 0.05) is 37.0 Å². The van der Waals surface area contributed by atoms with Gasteiger partial charge in [0.1, 0.15) is 5.82 Å². The Hall–Kier alpha value is -1.30. The number of hydrogen-bond donors (Lipinski definition) is 2.